The number of esters is 1. The fraction of sp³-hybridized carbons (Fsp3) is 0.400. The highest BCUT2D eigenvalue weighted by molar-refractivity contribution is 5.93. The first-order valence-electron chi connectivity index (χ1n) is 6.49. The molecule has 1 aromatic heterocycles. The second kappa shape index (κ2) is 7.42. The van der Waals surface area contributed by atoms with Gasteiger partial charge in [0, 0.05) is 24.5 Å². The van der Waals surface area contributed by atoms with Crippen molar-refractivity contribution in [2.45, 2.75) is 26.4 Å². The first kappa shape index (κ1) is 16.7. The van der Waals surface area contributed by atoms with Crippen LogP contribution in [0, 0.1) is 0 Å². The maximum absolute atomic E-state index is 11.6. The summed E-state index contributed by atoms with van der Waals surface area (Å²) in [6.45, 7) is 5.66. The number of carbonyl (C=O) groups is 2. The SMILES string of the molecule is COC(=O)c1ccncc1C=CCNC(=O)OC(C)(C)C. The van der Waals surface area contributed by atoms with Crippen LogP contribution in [0.5, 0.6) is 0 Å². The molecule has 0 unspecified atom stereocenters. The third-order valence-corrected chi connectivity index (χ3v) is 2.32. The van der Waals surface area contributed by atoms with E-state index in [0.717, 1.165) is 0 Å². The number of carbonyl (C=O) groups excluding carboxylic acids is 2. The Hall–Kier alpha value is -2.37. The van der Waals surface area contributed by atoms with Crippen LogP contribution in [0.4, 0.5) is 4.79 Å². The minimum atomic E-state index is -0.533. The molecule has 0 spiro atoms. The van der Waals surface area contributed by atoms with E-state index in [0.29, 0.717) is 11.1 Å². The molecule has 0 atom stereocenters. The predicted molar refractivity (Wildman–Crippen MR) is 78.8 cm³/mol. The first-order valence-corrected chi connectivity index (χ1v) is 6.49. The van der Waals surface area contributed by atoms with E-state index in [9.17, 15) is 9.59 Å². The van der Waals surface area contributed by atoms with Gasteiger partial charge in [0.2, 0.25) is 0 Å². The number of alkyl carbamates (subject to hydrolysis) is 1. The van der Waals surface area contributed by atoms with Crippen molar-refractivity contribution in [3.8, 4) is 0 Å². The maximum atomic E-state index is 11.6. The monoisotopic (exact) mass is 292 g/mol. The summed E-state index contributed by atoms with van der Waals surface area (Å²) in [6, 6.07) is 1.58. The predicted octanol–water partition coefficient (Wildman–Crippen LogP) is 2.41. The second-order valence-electron chi connectivity index (χ2n) is 5.24. The Labute approximate surface area is 124 Å². The molecule has 0 radical (unpaired) electrons. The largest absolute Gasteiger partial charge is 0.465 e. The van der Waals surface area contributed by atoms with Crippen molar-refractivity contribution in [1.29, 1.82) is 0 Å². The number of rotatable bonds is 4. The van der Waals surface area contributed by atoms with Crippen molar-refractivity contribution in [3.05, 3.63) is 35.7 Å². The lowest BCUT2D eigenvalue weighted by Crippen LogP contribution is -2.32. The van der Waals surface area contributed by atoms with Gasteiger partial charge < -0.3 is 14.8 Å². The lowest BCUT2D eigenvalue weighted by Gasteiger charge is -2.19. The molecule has 1 N–H and O–H groups in total. The Kier molecular flexibility index (Phi) is 5.90. The molecule has 0 aliphatic carbocycles. The standard InChI is InChI=1S/C15H20N2O4/c1-15(2,3)21-14(19)17-8-5-6-11-10-16-9-7-12(11)13(18)20-4/h5-7,9-10H,8H2,1-4H3,(H,17,19). The van der Waals surface area contributed by atoms with Crippen LogP contribution < -0.4 is 5.32 Å². The summed E-state index contributed by atoms with van der Waals surface area (Å²) >= 11 is 0. The third-order valence-electron chi connectivity index (χ3n) is 2.32. The van der Waals surface area contributed by atoms with Crippen LogP contribution in [0.3, 0.4) is 0 Å². The summed E-state index contributed by atoms with van der Waals surface area (Å²) in [5.41, 5.74) is 0.506. The Balaban J connectivity index is 2.58. The van der Waals surface area contributed by atoms with Gasteiger partial charge >= 0.3 is 12.1 Å². The van der Waals surface area contributed by atoms with Crippen molar-refractivity contribution >= 4 is 18.1 Å². The Morgan fingerprint density at radius 2 is 2.10 bits per heavy atom. The summed E-state index contributed by atoms with van der Waals surface area (Å²) in [4.78, 5) is 26.9. The highest BCUT2D eigenvalue weighted by Crippen LogP contribution is 2.10. The molecule has 0 bridgehead atoms. The van der Waals surface area contributed by atoms with Crippen molar-refractivity contribution in [2.75, 3.05) is 13.7 Å². The number of nitrogens with zero attached hydrogens (tertiary/aromatic N) is 1. The first-order chi connectivity index (χ1) is 9.83. The van der Waals surface area contributed by atoms with Gasteiger partial charge in [-0.3, -0.25) is 4.98 Å². The number of aromatic nitrogens is 1. The van der Waals surface area contributed by atoms with Gasteiger partial charge in [-0.05, 0) is 26.8 Å². The third kappa shape index (κ3) is 6.07. The number of hydrogen-bond donors (Lipinski definition) is 1. The fourth-order valence-corrected chi connectivity index (χ4v) is 1.48. The molecule has 6 heteroatoms. The molecule has 1 heterocycles. The molecule has 1 aromatic rings. The molecular weight excluding hydrogens is 272 g/mol. The molecule has 0 fully saturated rings. The molecule has 114 valence electrons. The number of pyridine rings is 1. The van der Waals surface area contributed by atoms with Gasteiger partial charge in [-0.2, -0.15) is 0 Å². The molecule has 1 rings (SSSR count). The van der Waals surface area contributed by atoms with Gasteiger partial charge in [-0.15, -0.1) is 0 Å². The average Bonchev–Trinajstić information content (AvgIpc) is 2.41. The molecule has 6 nitrogen and oxygen atoms in total. The Bertz CT molecular complexity index is 533. The van der Waals surface area contributed by atoms with Crippen LogP contribution in [0.15, 0.2) is 24.5 Å². The van der Waals surface area contributed by atoms with Crippen LogP contribution >= 0.6 is 0 Å². The van der Waals surface area contributed by atoms with Crippen LogP contribution in [-0.4, -0.2) is 36.3 Å². The quantitative estimate of drug-likeness (QED) is 0.862. The zero-order valence-electron chi connectivity index (χ0n) is 12.7. The number of nitrogens with one attached hydrogen (secondary N) is 1. The lowest BCUT2D eigenvalue weighted by atomic mass is 10.1. The smallest absolute Gasteiger partial charge is 0.407 e. The fourth-order valence-electron chi connectivity index (χ4n) is 1.48. The van der Waals surface area contributed by atoms with Crippen LogP contribution in [0.1, 0.15) is 36.7 Å². The summed E-state index contributed by atoms with van der Waals surface area (Å²) in [7, 11) is 1.32. The zero-order chi connectivity index (χ0) is 15.9. The molecule has 0 aliphatic heterocycles. The number of ether oxygens (including phenoxy) is 2. The summed E-state index contributed by atoms with van der Waals surface area (Å²) in [6.07, 6.45) is 5.97. The van der Waals surface area contributed by atoms with E-state index in [1.807, 2.05) is 0 Å². The zero-order valence-corrected chi connectivity index (χ0v) is 12.7. The topological polar surface area (TPSA) is 77.5 Å². The number of methoxy groups -OCH3 is 1. The van der Waals surface area contributed by atoms with Gasteiger partial charge in [0.15, 0.2) is 0 Å². The molecule has 0 saturated heterocycles. The van der Waals surface area contributed by atoms with E-state index in [2.05, 4.69) is 15.0 Å². The molecule has 0 saturated carbocycles. The van der Waals surface area contributed by atoms with E-state index in [1.165, 1.54) is 13.3 Å². The second-order valence-corrected chi connectivity index (χ2v) is 5.24. The van der Waals surface area contributed by atoms with Gasteiger partial charge in [-0.1, -0.05) is 12.2 Å². The lowest BCUT2D eigenvalue weighted by molar-refractivity contribution is 0.0532. The van der Waals surface area contributed by atoms with E-state index in [1.54, 1.807) is 45.2 Å². The Morgan fingerprint density at radius 1 is 1.38 bits per heavy atom. The summed E-state index contributed by atoms with van der Waals surface area (Å²) in [5.74, 6) is -0.433. The molecule has 0 aromatic carbocycles. The number of hydrogen-bond acceptors (Lipinski definition) is 5. The van der Waals surface area contributed by atoms with E-state index < -0.39 is 17.7 Å². The van der Waals surface area contributed by atoms with Gasteiger partial charge in [0.05, 0.1) is 12.7 Å². The van der Waals surface area contributed by atoms with E-state index >= 15 is 0 Å². The van der Waals surface area contributed by atoms with Gasteiger partial charge in [-0.25, -0.2) is 9.59 Å². The molecule has 0 aliphatic rings. The van der Waals surface area contributed by atoms with Gasteiger partial charge in [0.25, 0.3) is 0 Å². The molecular formula is C15H20N2O4. The highest BCUT2D eigenvalue weighted by Gasteiger charge is 2.15. The van der Waals surface area contributed by atoms with Crippen molar-refractivity contribution < 1.29 is 19.1 Å². The number of amides is 1. The highest BCUT2D eigenvalue weighted by atomic mass is 16.6. The summed E-state index contributed by atoms with van der Waals surface area (Å²) < 4.78 is 9.78. The normalized spacial score (nSPS) is 11.2. The van der Waals surface area contributed by atoms with Crippen molar-refractivity contribution in [1.82, 2.24) is 10.3 Å². The average molecular weight is 292 g/mol. The molecule has 1 amide bonds. The van der Waals surface area contributed by atoms with E-state index in [-0.39, 0.29) is 6.54 Å². The van der Waals surface area contributed by atoms with E-state index in [4.69, 9.17) is 4.74 Å². The Morgan fingerprint density at radius 3 is 2.71 bits per heavy atom. The van der Waals surface area contributed by atoms with Gasteiger partial charge in [0.1, 0.15) is 5.60 Å². The summed E-state index contributed by atoms with van der Waals surface area (Å²) in [5, 5.41) is 2.59. The maximum Gasteiger partial charge on any atom is 0.407 e. The van der Waals surface area contributed by atoms with Crippen LogP contribution in [0.25, 0.3) is 6.08 Å². The van der Waals surface area contributed by atoms with Crippen molar-refractivity contribution in [2.24, 2.45) is 0 Å². The van der Waals surface area contributed by atoms with Crippen molar-refractivity contribution in [3.63, 3.8) is 0 Å². The molecule has 21 heavy (non-hydrogen) atoms. The van der Waals surface area contributed by atoms with Crippen LogP contribution in [0.2, 0.25) is 0 Å². The minimum Gasteiger partial charge on any atom is -0.465 e. The van der Waals surface area contributed by atoms with Crippen LogP contribution in [-0.2, 0) is 9.47 Å². The minimum absolute atomic E-state index is 0.282.